The van der Waals surface area contributed by atoms with Gasteiger partial charge in [0.1, 0.15) is 6.42 Å². The van der Waals surface area contributed by atoms with E-state index in [4.69, 9.17) is 0 Å². The fourth-order valence-corrected chi connectivity index (χ4v) is 2.38. The highest BCUT2D eigenvalue weighted by Crippen LogP contribution is 2.23. The van der Waals surface area contributed by atoms with Crippen molar-refractivity contribution in [2.24, 2.45) is 0 Å². The number of benzene rings is 2. The molecule has 0 saturated carbocycles. The van der Waals surface area contributed by atoms with Crippen molar-refractivity contribution in [3.63, 3.8) is 0 Å². The minimum Gasteiger partial charge on any atom is -0.326 e. The van der Waals surface area contributed by atoms with Gasteiger partial charge in [-0.2, -0.15) is 0 Å². The summed E-state index contributed by atoms with van der Waals surface area (Å²) in [5.41, 5.74) is 2.41. The molecule has 0 radical (unpaired) electrons. The van der Waals surface area contributed by atoms with Crippen LogP contribution in [0.5, 0.6) is 0 Å². The van der Waals surface area contributed by atoms with Gasteiger partial charge in [-0.05, 0) is 52.7 Å². The highest BCUT2D eigenvalue weighted by atomic mass is 79.9. The zero-order valence-electron chi connectivity index (χ0n) is 11.5. The first-order valence-corrected chi connectivity index (χ1v) is 7.25. The molecule has 0 saturated heterocycles. The Morgan fingerprint density at radius 1 is 1.00 bits per heavy atom. The smallest absolute Gasteiger partial charge is 0.233 e. The molecule has 0 heterocycles. The number of hydrogen-bond acceptors (Lipinski definition) is 2. The van der Waals surface area contributed by atoms with Gasteiger partial charge in [-0.15, -0.1) is 0 Å². The average molecular weight is 347 g/mol. The zero-order chi connectivity index (χ0) is 15.2. The Morgan fingerprint density at radius 3 is 2.33 bits per heavy atom. The van der Waals surface area contributed by atoms with Crippen LogP contribution in [-0.2, 0) is 9.59 Å². The Hall–Kier alpha value is -2.14. The van der Waals surface area contributed by atoms with Gasteiger partial charge in [0.25, 0.3) is 0 Å². The standard InChI is InChI=1S/C16H15BrN2O2/c1-11-7-8-14(13(17)9-11)19-16(21)10-15(20)18-12-5-3-2-4-6-12/h2-9H,10H2,1H3,(H,18,20)(H,19,21). The highest BCUT2D eigenvalue weighted by Gasteiger charge is 2.11. The Bertz CT molecular complexity index is 657. The van der Waals surface area contributed by atoms with E-state index in [2.05, 4.69) is 26.6 Å². The molecule has 21 heavy (non-hydrogen) atoms. The second kappa shape index (κ2) is 7.04. The van der Waals surface area contributed by atoms with E-state index < -0.39 is 0 Å². The van der Waals surface area contributed by atoms with Crippen LogP contribution in [0, 0.1) is 6.92 Å². The van der Waals surface area contributed by atoms with E-state index in [0.717, 1.165) is 10.0 Å². The van der Waals surface area contributed by atoms with Crippen LogP contribution in [0.4, 0.5) is 11.4 Å². The second-order valence-electron chi connectivity index (χ2n) is 4.62. The number of halogens is 1. The third-order valence-electron chi connectivity index (χ3n) is 2.78. The summed E-state index contributed by atoms with van der Waals surface area (Å²) in [6.45, 7) is 1.96. The molecule has 0 bridgehead atoms. The van der Waals surface area contributed by atoms with Crippen molar-refractivity contribution in [1.29, 1.82) is 0 Å². The Balaban J connectivity index is 1.91. The number of anilines is 2. The molecule has 0 aliphatic heterocycles. The molecule has 0 unspecified atom stereocenters. The van der Waals surface area contributed by atoms with Gasteiger partial charge in [0.15, 0.2) is 0 Å². The zero-order valence-corrected chi connectivity index (χ0v) is 13.1. The summed E-state index contributed by atoms with van der Waals surface area (Å²) in [5.74, 6) is -0.699. The topological polar surface area (TPSA) is 58.2 Å². The molecule has 2 rings (SSSR count). The van der Waals surface area contributed by atoms with Gasteiger partial charge in [-0.25, -0.2) is 0 Å². The number of amides is 2. The number of aryl methyl sites for hydroxylation is 1. The summed E-state index contributed by atoms with van der Waals surface area (Å²) < 4.78 is 0.791. The van der Waals surface area contributed by atoms with Crippen LogP contribution in [0.25, 0.3) is 0 Å². The number of carbonyl (C=O) groups excluding carboxylic acids is 2. The summed E-state index contributed by atoms with van der Waals surface area (Å²) in [6.07, 6.45) is -0.227. The van der Waals surface area contributed by atoms with E-state index >= 15 is 0 Å². The molecule has 4 nitrogen and oxygen atoms in total. The normalized spacial score (nSPS) is 10.0. The lowest BCUT2D eigenvalue weighted by Crippen LogP contribution is -2.21. The Labute approximate surface area is 131 Å². The first kappa shape index (κ1) is 15.3. The summed E-state index contributed by atoms with van der Waals surface area (Å²) in [4.78, 5) is 23.6. The van der Waals surface area contributed by atoms with Crippen LogP contribution in [-0.4, -0.2) is 11.8 Å². The summed E-state index contributed by atoms with van der Waals surface area (Å²) in [7, 11) is 0. The molecule has 0 spiro atoms. The van der Waals surface area contributed by atoms with E-state index in [1.54, 1.807) is 18.2 Å². The van der Waals surface area contributed by atoms with Crippen LogP contribution in [0.3, 0.4) is 0 Å². The lowest BCUT2D eigenvalue weighted by molar-refractivity contribution is -0.123. The number of para-hydroxylation sites is 1. The summed E-state index contributed by atoms with van der Waals surface area (Å²) in [5, 5.41) is 5.38. The Kier molecular flexibility index (Phi) is 5.11. The lowest BCUT2D eigenvalue weighted by atomic mass is 10.2. The predicted molar refractivity (Wildman–Crippen MR) is 87.2 cm³/mol. The molecule has 0 aliphatic carbocycles. The molecule has 0 aliphatic rings. The summed E-state index contributed by atoms with van der Waals surface area (Å²) in [6, 6.07) is 14.6. The first-order valence-electron chi connectivity index (χ1n) is 6.45. The third-order valence-corrected chi connectivity index (χ3v) is 3.43. The van der Waals surface area contributed by atoms with Crippen molar-refractivity contribution < 1.29 is 9.59 Å². The molecule has 0 aromatic heterocycles. The van der Waals surface area contributed by atoms with Gasteiger partial charge in [0.2, 0.25) is 11.8 Å². The molecule has 5 heteroatoms. The number of rotatable bonds is 4. The molecule has 2 aromatic rings. The fraction of sp³-hybridized carbons (Fsp3) is 0.125. The van der Waals surface area contributed by atoms with Gasteiger partial charge in [0, 0.05) is 10.2 Å². The minimum absolute atomic E-state index is 0.227. The molecule has 2 amide bonds. The molecular formula is C16H15BrN2O2. The second-order valence-corrected chi connectivity index (χ2v) is 5.48. The quantitative estimate of drug-likeness (QED) is 0.828. The van der Waals surface area contributed by atoms with E-state index in [1.807, 2.05) is 37.3 Å². The van der Waals surface area contributed by atoms with E-state index in [1.165, 1.54) is 0 Å². The molecule has 2 N–H and O–H groups in total. The SMILES string of the molecule is Cc1ccc(NC(=O)CC(=O)Nc2ccccc2)c(Br)c1. The monoisotopic (exact) mass is 346 g/mol. The van der Waals surface area contributed by atoms with Gasteiger partial charge in [-0.3, -0.25) is 9.59 Å². The number of nitrogens with one attached hydrogen (secondary N) is 2. The van der Waals surface area contributed by atoms with Gasteiger partial charge in [-0.1, -0.05) is 24.3 Å². The van der Waals surface area contributed by atoms with Crippen molar-refractivity contribution in [2.45, 2.75) is 13.3 Å². The van der Waals surface area contributed by atoms with Crippen LogP contribution in [0.15, 0.2) is 53.0 Å². The van der Waals surface area contributed by atoms with E-state index in [9.17, 15) is 9.59 Å². The maximum atomic E-state index is 11.9. The van der Waals surface area contributed by atoms with Crippen molar-refractivity contribution >= 4 is 39.1 Å². The van der Waals surface area contributed by atoms with Crippen molar-refractivity contribution in [3.8, 4) is 0 Å². The van der Waals surface area contributed by atoms with Crippen molar-refractivity contribution in [3.05, 3.63) is 58.6 Å². The average Bonchev–Trinajstić information content (AvgIpc) is 2.43. The molecule has 108 valence electrons. The molecular weight excluding hydrogens is 332 g/mol. The van der Waals surface area contributed by atoms with E-state index in [-0.39, 0.29) is 18.2 Å². The van der Waals surface area contributed by atoms with Crippen LogP contribution >= 0.6 is 15.9 Å². The maximum absolute atomic E-state index is 11.9. The largest absolute Gasteiger partial charge is 0.326 e. The first-order chi connectivity index (χ1) is 10.0. The molecule has 2 aromatic carbocycles. The van der Waals surface area contributed by atoms with Crippen molar-refractivity contribution in [2.75, 3.05) is 10.6 Å². The van der Waals surface area contributed by atoms with Crippen LogP contribution in [0.2, 0.25) is 0 Å². The maximum Gasteiger partial charge on any atom is 0.233 e. The van der Waals surface area contributed by atoms with Crippen LogP contribution < -0.4 is 10.6 Å². The van der Waals surface area contributed by atoms with Gasteiger partial charge < -0.3 is 10.6 Å². The van der Waals surface area contributed by atoms with Gasteiger partial charge in [0.05, 0.1) is 5.69 Å². The van der Waals surface area contributed by atoms with E-state index in [0.29, 0.717) is 11.4 Å². The number of carbonyl (C=O) groups is 2. The number of hydrogen-bond donors (Lipinski definition) is 2. The minimum atomic E-state index is -0.354. The Morgan fingerprint density at radius 2 is 1.67 bits per heavy atom. The van der Waals surface area contributed by atoms with Crippen molar-refractivity contribution in [1.82, 2.24) is 0 Å². The van der Waals surface area contributed by atoms with Crippen LogP contribution in [0.1, 0.15) is 12.0 Å². The van der Waals surface area contributed by atoms with Gasteiger partial charge >= 0.3 is 0 Å². The third kappa shape index (κ3) is 4.72. The fourth-order valence-electron chi connectivity index (χ4n) is 1.79. The lowest BCUT2D eigenvalue weighted by Gasteiger charge is -2.08. The highest BCUT2D eigenvalue weighted by molar-refractivity contribution is 9.10. The molecule has 0 fully saturated rings. The molecule has 0 atom stereocenters. The summed E-state index contributed by atoms with van der Waals surface area (Å²) >= 11 is 3.38. The predicted octanol–water partition coefficient (Wildman–Crippen LogP) is 3.72.